The first kappa shape index (κ1) is 31.1. The highest BCUT2D eigenvalue weighted by Crippen LogP contribution is 2.60. The number of hydrogen-bond donors (Lipinski definition) is 1. The molecule has 2 aliphatic carbocycles. The van der Waals surface area contributed by atoms with Gasteiger partial charge < -0.3 is 10.0 Å². The van der Waals surface area contributed by atoms with Gasteiger partial charge >= 0.3 is 12.1 Å². The summed E-state index contributed by atoms with van der Waals surface area (Å²) in [6.07, 6.45) is -1.97. The second-order valence-electron chi connectivity index (χ2n) is 12.5. The molecule has 0 spiro atoms. The van der Waals surface area contributed by atoms with Crippen LogP contribution in [0.5, 0.6) is 0 Å². The average Bonchev–Trinajstić information content (AvgIpc) is 3.65. The normalized spacial score (nSPS) is 18.4. The number of carboxylic acids is 1. The first-order valence-corrected chi connectivity index (χ1v) is 15.5. The summed E-state index contributed by atoms with van der Waals surface area (Å²) in [6.45, 7) is 0.831. The van der Waals surface area contributed by atoms with Gasteiger partial charge in [0.05, 0.1) is 38.6 Å². The number of fused-ring (bicyclic) bond motifs is 2. The lowest BCUT2D eigenvalue weighted by Crippen LogP contribution is -2.41. The molecule has 0 saturated heterocycles. The van der Waals surface area contributed by atoms with Gasteiger partial charge in [-0.25, -0.2) is 9.18 Å². The zero-order valence-electron chi connectivity index (χ0n) is 25.1. The number of halogens is 5. The predicted octanol–water partition coefficient (Wildman–Crippen LogP) is 5.75. The fourth-order valence-corrected chi connectivity index (χ4v) is 7.28. The molecular formula is C33H28ClF4N5O4. The molecule has 2 aromatic heterocycles. The van der Waals surface area contributed by atoms with E-state index in [2.05, 4.69) is 10.2 Å². The summed E-state index contributed by atoms with van der Waals surface area (Å²) >= 11 is 6.45. The minimum Gasteiger partial charge on any atom is -0.478 e. The van der Waals surface area contributed by atoms with Gasteiger partial charge in [-0.05, 0) is 55.5 Å². The van der Waals surface area contributed by atoms with E-state index in [9.17, 15) is 32.7 Å². The third-order valence-corrected chi connectivity index (χ3v) is 9.92. The van der Waals surface area contributed by atoms with Crippen molar-refractivity contribution in [2.45, 2.75) is 56.7 Å². The number of carbonyl (C=O) groups is 3. The monoisotopic (exact) mass is 669 g/mol. The predicted molar refractivity (Wildman–Crippen MR) is 161 cm³/mol. The van der Waals surface area contributed by atoms with Crippen molar-refractivity contribution in [1.82, 2.24) is 24.5 Å². The topological polar surface area (TPSA) is 110 Å². The molecule has 1 aliphatic heterocycles. The number of aryl methyl sites for hydroxylation is 1. The maximum atomic E-state index is 15.4. The Labute approximate surface area is 270 Å². The van der Waals surface area contributed by atoms with E-state index in [1.54, 1.807) is 9.58 Å². The quantitative estimate of drug-likeness (QED) is 0.271. The van der Waals surface area contributed by atoms with E-state index in [1.165, 1.54) is 30.3 Å². The zero-order chi connectivity index (χ0) is 33.4. The molecule has 1 fully saturated rings. The highest BCUT2D eigenvalue weighted by atomic mass is 35.5. The van der Waals surface area contributed by atoms with Crippen molar-refractivity contribution in [3.8, 4) is 11.3 Å². The van der Waals surface area contributed by atoms with E-state index >= 15 is 4.39 Å². The lowest BCUT2D eigenvalue weighted by atomic mass is 9.84. The van der Waals surface area contributed by atoms with Crippen LogP contribution >= 0.6 is 11.6 Å². The number of nitrogens with zero attached hydrogens (tertiary/aromatic N) is 5. The van der Waals surface area contributed by atoms with Crippen molar-refractivity contribution in [2.75, 3.05) is 6.54 Å². The minimum atomic E-state index is -4.63. The molecule has 3 heterocycles. The Morgan fingerprint density at radius 1 is 1.09 bits per heavy atom. The molecule has 7 rings (SSSR count). The van der Waals surface area contributed by atoms with Crippen molar-refractivity contribution < 1.29 is 37.1 Å². The number of carboxylic acid groups (broad SMARTS) is 1. The highest BCUT2D eigenvalue weighted by Gasteiger charge is 2.65. The second kappa shape index (κ2) is 11.0. The number of alkyl halides is 3. The number of rotatable bonds is 5. The van der Waals surface area contributed by atoms with E-state index in [4.69, 9.17) is 11.6 Å². The smallest absolute Gasteiger partial charge is 0.398 e. The fraction of sp³-hybridized carbons (Fsp3) is 0.364. The van der Waals surface area contributed by atoms with Crippen LogP contribution in [0.4, 0.5) is 17.6 Å². The van der Waals surface area contributed by atoms with Gasteiger partial charge in [0.15, 0.2) is 0 Å². The molecule has 2 aromatic carbocycles. The SMILES string of the molecule is Cn1cc2c(n1)CCN(C(=O)[C@H]1CCc3c(-c4ccc(C(=O)O)cc4F)nn(C(=O)c4c(Cl)cccc4C4(C(F)(F)F)CC4)c3C1)C2. The van der Waals surface area contributed by atoms with E-state index in [0.717, 1.165) is 22.0 Å². The molecule has 0 bridgehead atoms. The molecule has 0 unspecified atom stereocenters. The molecule has 1 amide bonds. The van der Waals surface area contributed by atoms with E-state index in [-0.39, 0.29) is 70.3 Å². The standard InChI is InChI=1S/C33H28ClF4N5O4/c1-41-15-19-16-42(12-9-25(19)39-41)29(44)17-5-8-21-26(14-17)43(40-28(21)20-7-6-18(31(46)47)13-24(20)35)30(45)27-22(3-2-4-23(27)34)32(10-11-32)33(36,37)38/h2-4,6-7,13,15,17H,5,8-12,14,16H2,1H3,(H,46,47)/t17-/m0/s1. The summed E-state index contributed by atoms with van der Waals surface area (Å²) in [7, 11) is 1.81. The lowest BCUT2D eigenvalue weighted by molar-refractivity contribution is -0.160. The number of carbonyl (C=O) groups excluding carboxylic acids is 2. The lowest BCUT2D eigenvalue weighted by Gasteiger charge is -2.32. The molecule has 1 N–H and O–H groups in total. The van der Waals surface area contributed by atoms with Gasteiger partial charge in [-0.15, -0.1) is 0 Å². The zero-order valence-corrected chi connectivity index (χ0v) is 25.8. The van der Waals surface area contributed by atoms with E-state index in [0.29, 0.717) is 31.5 Å². The van der Waals surface area contributed by atoms with Gasteiger partial charge in [0.2, 0.25) is 5.91 Å². The number of aromatic carboxylic acids is 1. The summed E-state index contributed by atoms with van der Waals surface area (Å²) in [5.41, 5.74) is -0.539. The maximum absolute atomic E-state index is 15.4. The molecule has 4 aromatic rings. The maximum Gasteiger partial charge on any atom is 0.398 e. The van der Waals surface area contributed by atoms with Crippen LogP contribution in [0.3, 0.4) is 0 Å². The van der Waals surface area contributed by atoms with Crippen LogP contribution in [0.2, 0.25) is 5.02 Å². The van der Waals surface area contributed by atoms with Crippen LogP contribution in [0, 0.1) is 11.7 Å². The van der Waals surface area contributed by atoms with Gasteiger partial charge in [0, 0.05) is 61.8 Å². The van der Waals surface area contributed by atoms with Crippen LogP contribution in [0.1, 0.15) is 68.1 Å². The summed E-state index contributed by atoms with van der Waals surface area (Å²) < 4.78 is 60.9. The highest BCUT2D eigenvalue weighted by molar-refractivity contribution is 6.34. The Balaban J connectivity index is 1.31. The molecule has 0 radical (unpaired) electrons. The van der Waals surface area contributed by atoms with Crippen LogP contribution < -0.4 is 0 Å². The average molecular weight is 670 g/mol. The summed E-state index contributed by atoms with van der Waals surface area (Å²) in [4.78, 5) is 41.3. The van der Waals surface area contributed by atoms with E-state index in [1.807, 2.05) is 13.2 Å². The number of amides is 1. The Hall–Kier alpha value is -4.52. The van der Waals surface area contributed by atoms with Crippen molar-refractivity contribution in [2.24, 2.45) is 13.0 Å². The third kappa shape index (κ3) is 5.11. The third-order valence-electron chi connectivity index (χ3n) is 9.60. The number of aromatic nitrogens is 4. The molecule has 9 nitrogen and oxygen atoms in total. The Kier molecular flexibility index (Phi) is 7.30. The minimum absolute atomic E-state index is 0.0301. The Bertz CT molecular complexity index is 1980. The molecule has 47 heavy (non-hydrogen) atoms. The van der Waals surface area contributed by atoms with Crippen molar-refractivity contribution >= 4 is 29.4 Å². The van der Waals surface area contributed by atoms with Crippen LogP contribution in [-0.4, -0.2) is 60.1 Å². The fourth-order valence-electron chi connectivity index (χ4n) is 7.02. The second-order valence-corrected chi connectivity index (χ2v) is 12.9. The molecule has 3 aliphatic rings. The Morgan fingerprint density at radius 2 is 1.85 bits per heavy atom. The van der Waals surface area contributed by atoms with Crippen molar-refractivity contribution in [3.63, 3.8) is 0 Å². The molecular weight excluding hydrogens is 642 g/mol. The summed E-state index contributed by atoms with van der Waals surface area (Å²) in [6, 6.07) is 7.24. The van der Waals surface area contributed by atoms with E-state index < -0.39 is 35.2 Å². The first-order chi connectivity index (χ1) is 22.3. The molecule has 244 valence electrons. The van der Waals surface area contributed by atoms with Gasteiger partial charge in [-0.2, -0.15) is 28.1 Å². The molecule has 1 atom stereocenters. The van der Waals surface area contributed by atoms with Gasteiger partial charge in [0.1, 0.15) is 5.82 Å². The van der Waals surface area contributed by atoms with Gasteiger partial charge in [-0.1, -0.05) is 23.7 Å². The van der Waals surface area contributed by atoms with Crippen LogP contribution in [0.15, 0.2) is 42.6 Å². The summed E-state index contributed by atoms with van der Waals surface area (Å²) in [5, 5.41) is 18.0. The van der Waals surface area contributed by atoms with Crippen molar-refractivity contribution in [3.05, 3.63) is 92.6 Å². The largest absolute Gasteiger partial charge is 0.478 e. The number of benzene rings is 2. The van der Waals surface area contributed by atoms with Crippen LogP contribution in [0.25, 0.3) is 11.3 Å². The molecule has 14 heteroatoms. The van der Waals surface area contributed by atoms with Gasteiger partial charge in [-0.3, -0.25) is 14.3 Å². The summed E-state index contributed by atoms with van der Waals surface area (Å²) in [5.74, 6) is -3.86. The van der Waals surface area contributed by atoms with Gasteiger partial charge in [0.25, 0.3) is 5.91 Å². The van der Waals surface area contributed by atoms with Crippen LogP contribution in [-0.2, 0) is 43.1 Å². The Morgan fingerprint density at radius 3 is 2.53 bits per heavy atom. The number of hydrogen-bond acceptors (Lipinski definition) is 5. The first-order valence-electron chi connectivity index (χ1n) is 15.1. The molecule has 1 saturated carbocycles. The van der Waals surface area contributed by atoms with Crippen molar-refractivity contribution in [1.29, 1.82) is 0 Å².